The summed E-state index contributed by atoms with van der Waals surface area (Å²) in [5.74, 6) is 0.412. The zero-order chi connectivity index (χ0) is 16.7. The summed E-state index contributed by atoms with van der Waals surface area (Å²) in [5.41, 5.74) is 1.05. The van der Waals surface area contributed by atoms with Crippen molar-refractivity contribution >= 4 is 38.1 Å². The van der Waals surface area contributed by atoms with Crippen LogP contribution >= 0.6 is 11.3 Å². The molecule has 1 amide bonds. The molecule has 0 spiro atoms. The van der Waals surface area contributed by atoms with Crippen LogP contribution < -0.4 is 9.62 Å². The summed E-state index contributed by atoms with van der Waals surface area (Å²) >= 11 is 1.41. The average molecular weight is 364 g/mol. The van der Waals surface area contributed by atoms with Gasteiger partial charge in [-0.3, -0.25) is 14.4 Å². The normalized spacial score (nSPS) is 19.4. The van der Waals surface area contributed by atoms with E-state index in [1.807, 2.05) is 0 Å². The van der Waals surface area contributed by atoms with Gasteiger partial charge < -0.3 is 0 Å². The van der Waals surface area contributed by atoms with Crippen molar-refractivity contribution in [1.29, 1.82) is 0 Å². The molecule has 1 aromatic heterocycles. The van der Waals surface area contributed by atoms with Crippen molar-refractivity contribution in [3.8, 4) is 0 Å². The highest BCUT2D eigenvalue weighted by Gasteiger charge is 2.29. The first-order chi connectivity index (χ1) is 11.5. The van der Waals surface area contributed by atoms with Crippen molar-refractivity contribution in [1.82, 2.24) is 10.2 Å². The lowest BCUT2D eigenvalue weighted by molar-refractivity contribution is 0.102. The fraction of sp³-hybridized carbons (Fsp3) is 0.400. The number of sulfonamides is 1. The van der Waals surface area contributed by atoms with E-state index in [9.17, 15) is 13.2 Å². The third-order valence-corrected chi connectivity index (χ3v) is 6.98. The van der Waals surface area contributed by atoms with E-state index in [0.29, 0.717) is 35.3 Å². The van der Waals surface area contributed by atoms with Gasteiger partial charge in [-0.2, -0.15) is 0 Å². The maximum Gasteiger partial charge on any atom is 0.257 e. The maximum atomic E-state index is 12.3. The molecular formula is C15H16N4O3S2. The summed E-state index contributed by atoms with van der Waals surface area (Å²) in [5, 5.41) is 12.3. The minimum atomic E-state index is -3.21. The second kappa shape index (κ2) is 5.82. The zero-order valence-corrected chi connectivity index (χ0v) is 14.4. The highest BCUT2D eigenvalue weighted by atomic mass is 32.2. The van der Waals surface area contributed by atoms with Gasteiger partial charge in [0.1, 0.15) is 5.01 Å². The molecule has 1 aliphatic heterocycles. The lowest BCUT2D eigenvalue weighted by atomic mass is 10.2. The SMILES string of the molecule is O=C(Nc1nnc(C2CC2)s1)c1ccc(N2CCCS2(=O)=O)cc1. The van der Waals surface area contributed by atoms with Crippen LogP contribution in [0.2, 0.25) is 0 Å². The summed E-state index contributed by atoms with van der Waals surface area (Å²) in [6.45, 7) is 0.489. The second-order valence-electron chi connectivity index (χ2n) is 5.96. The van der Waals surface area contributed by atoms with Crippen LogP contribution in [-0.2, 0) is 10.0 Å². The van der Waals surface area contributed by atoms with Gasteiger partial charge in [0.2, 0.25) is 15.2 Å². The van der Waals surface area contributed by atoms with Gasteiger partial charge in [-0.1, -0.05) is 11.3 Å². The lowest BCUT2D eigenvalue weighted by Crippen LogP contribution is -2.25. The predicted octanol–water partition coefficient (Wildman–Crippen LogP) is 2.21. The fourth-order valence-electron chi connectivity index (χ4n) is 2.66. The molecule has 1 aromatic carbocycles. The number of hydrogen-bond acceptors (Lipinski definition) is 6. The fourth-order valence-corrected chi connectivity index (χ4v) is 5.13. The third-order valence-electron chi connectivity index (χ3n) is 4.10. The first-order valence-electron chi connectivity index (χ1n) is 7.78. The van der Waals surface area contributed by atoms with Crippen LogP contribution in [-0.4, -0.2) is 36.8 Å². The van der Waals surface area contributed by atoms with E-state index in [0.717, 1.165) is 17.8 Å². The minimum absolute atomic E-state index is 0.176. The Hall–Kier alpha value is -2.00. The lowest BCUT2D eigenvalue weighted by Gasteiger charge is -2.16. The minimum Gasteiger partial charge on any atom is -0.296 e. The number of hydrogen-bond donors (Lipinski definition) is 1. The molecule has 2 aliphatic rings. The van der Waals surface area contributed by atoms with Crippen molar-refractivity contribution in [2.45, 2.75) is 25.2 Å². The number of nitrogens with one attached hydrogen (secondary N) is 1. The van der Waals surface area contributed by atoms with Crippen molar-refractivity contribution < 1.29 is 13.2 Å². The van der Waals surface area contributed by atoms with Crippen molar-refractivity contribution in [2.75, 3.05) is 21.9 Å². The number of amides is 1. The van der Waals surface area contributed by atoms with E-state index in [1.165, 1.54) is 15.6 Å². The van der Waals surface area contributed by atoms with Crippen LogP contribution in [0.25, 0.3) is 0 Å². The number of benzene rings is 1. The van der Waals surface area contributed by atoms with E-state index in [-0.39, 0.29) is 11.7 Å². The molecule has 9 heteroatoms. The Morgan fingerprint density at radius 2 is 1.96 bits per heavy atom. The Morgan fingerprint density at radius 1 is 1.21 bits per heavy atom. The van der Waals surface area contributed by atoms with Crippen molar-refractivity contribution in [2.24, 2.45) is 0 Å². The largest absolute Gasteiger partial charge is 0.296 e. The van der Waals surface area contributed by atoms with Gasteiger partial charge in [-0.25, -0.2) is 8.42 Å². The molecule has 7 nitrogen and oxygen atoms in total. The number of anilines is 2. The molecule has 0 radical (unpaired) electrons. The molecule has 0 unspecified atom stereocenters. The molecule has 1 N–H and O–H groups in total. The Bertz CT molecular complexity index is 872. The standard InChI is InChI=1S/C15H16N4O3S2/c20-13(16-15-18-17-14(23-15)11-2-3-11)10-4-6-12(7-5-10)19-8-1-9-24(19,21)22/h4-7,11H,1-3,8-9H2,(H,16,18,20). The first kappa shape index (κ1) is 15.5. The van der Waals surface area contributed by atoms with E-state index >= 15 is 0 Å². The summed E-state index contributed by atoms with van der Waals surface area (Å²) in [6, 6.07) is 6.57. The zero-order valence-electron chi connectivity index (χ0n) is 12.8. The number of carbonyl (C=O) groups is 1. The molecule has 0 atom stereocenters. The number of nitrogens with zero attached hydrogens (tertiary/aromatic N) is 3. The van der Waals surface area contributed by atoms with Crippen LogP contribution in [0, 0.1) is 0 Å². The Balaban J connectivity index is 1.46. The van der Waals surface area contributed by atoms with Gasteiger partial charge in [0.25, 0.3) is 5.91 Å². The first-order valence-corrected chi connectivity index (χ1v) is 10.2. The molecule has 1 aliphatic carbocycles. The highest BCUT2D eigenvalue weighted by molar-refractivity contribution is 7.93. The maximum absolute atomic E-state index is 12.3. The smallest absolute Gasteiger partial charge is 0.257 e. The third kappa shape index (κ3) is 3.01. The summed E-state index contributed by atoms with van der Waals surface area (Å²) in [7, 11) is -3.21. The van der Waals surface area contributed by atoms with Gasteiger partial charge in [0.05, 0.1) is 11.4 Å². The van der Waals surface area contributed by atoms with Crippen LogP contribution in [0.15, 0.2) is 24.3 Å². The molecule has 126 valence electrons. The molecule has 2 aromatic rings. The summed E-state index contributed by atoms with van der Waals surface area (Å²) in [4.78, 5) is 12.3. The van der Waals surface area contributed by atoms with E-state index in [2.05, 4.69) is 15.5 Å². The highest BCUT2D eigenvalue weighted by Crippen LogP contribution is 2.42. The number of aromatic nitrogens is 2. The molecule has 2 heterocycles. The number of rotatable bonds is 4. The monoisotopic (exact) mass is 364 g/mol. The Morgan fingerprint density at radius 3 is 2.58 bits per heavy atom. The molecular weight excluding hydrogens is 348 g/mol. The summed E-state index contributed by atoms with van der Waals surface area (Å²) < 4.78 is 25.2. The van der Waals surface area contributed by atoms with E-state index < -0.39 is 10.0 Å². The van der Waals surface area contributed by atoms with Crippen LogP contribution in [0.1, 0.15) is 40.5 Å². The van der Waals surface area contributed by atoms with Crippen LogP contribution in [0.5, 0.6) is 0 Å². The number of carbonyl (C=O) groups excluding carboxylic acids is 1. The molecule has 4 rings (SSSR count). The topological polar surface area (TPSA) is 92.3 Å². The van der Waals surface area contributed by atoms with E-state index in [4.69, 9.17) is 0 Å². The molecule has 1 saturated heterocycles. The Kier molecular flexibility index (Phi) is 3.76. The molecule has 2 fully saturated rings. The second-order valence-corrected chi connectivity index (χ2v) is 8.98. The van der Waals surface area contributed by atoms with Gasteiger partial charge in [-0.05, 0) is 43.5 Å². The Labute approximate surface area is 143 Å². The predicted molar refractivity (Wildman–Crippen MR) is 92.0 cm³/mol. The van der Waals surface area contributed by atoms with Gasteiger partial charge >= 0.3 is 0 Å². The molecule has 24 heavy (non-hydrogen) atoms. The molecule has 0 bridgehead atoms. The molecule has 1 saturated carbocycles. The quantitative estimate of drug-likeness (QED) is 0.898. The average Bonchev–Trinajstić information content (AvgIpc) is 3.21. The van der Waals surface area contributed by atoms with E-state index in [1.54, 1.807) is 24.3 Å². The van der Waals surface area contributed by atoms with Gasteiger partial charge in [-0.15, -0.1) is 10.2 Å². The summed E-state index contributed by atoms with van der Waals surface area (Å²) in [6.07, 6.45) is 2.91. The van der Waals surface area contributed by atoms with Crippen molar-refractivity contribution in [3.63, 3.8) is 0 Å². The van der Waals surface area contributed by atoms with Gasteiger partial charge in [0, 0.05) is 18.0 Å². The van der Waals surface area contributed by atoms with Gasteiger partial charge in [0.15, 0.2) is 0 Å². The van der Waals surface area contributed by atoms with Crippen LogP contribution in [0.4, 0.5) is 10.8 Å². The van der Waals surface area contributed by atoms with Crippen molar-refractivity contribution in [3.05, 3.63) is 34.8 Å². The van der Waals surface area contributed by atoms with Crippen LogP contribution in [0.3, 0.4) is 0 Å².